The molecule has 1 N–H and O–H groups in total. The maximum absolute atomic E-state index is 12.0. The van der Waals surface area contributed by atoms with E-state index < -0.39 is 10.9 Å². The summed E-state index contributed by atoms with van der Waals surface area (Å²) in [4.78, 5) is 23.6. The van der Waals surface area contributed by atoms with Gasteiger partial charge in [-0.3, -0.25) is 10.1 Å². The number of carbonyl (C=O) groups is 1. The molecule has 0 fully saturated rings. The molecule has 0 saturated carbocycles. The molecule has 138 valence electrons. The molecule has 0 saturated heterocycles. The van der Waals surface area contributed by atoms with Gasteiger partial charge in [0.2, 0.25) is 0 Å². The number of nitrogens with zero attached hydrogens (tertiary/aromatic N) is 3. The molecule has 0 atom stereocenters. The Morgan fingerprint density at radius 2 is 2.00 bits per heavy atom. The Balaban J connectivity index is 1.89. The first-order valence-corrected chi connectivity index (χ1v) is 9.12. The van der Waals surface area contributed by atoms with Crippen LogP contribution in [0.15, 0.2) is 53.4 Å². The Morgan fingerprint density at radius 3 is 2.70 bits per heavy atom. The Bertz CT molecular complexity index is 959. The van der Waals surface area contributed by atoms with Gasteiger partial charge in [0.25, 0.3) is 5.69 Å². The van der Waals surface area contributed by atoms with Crippen molar-refractivity contribution in [3.63, 3.8) is 0 Å². The van der Waals surface area contributed by atoms with Crippen LogP contribution in [0.4, 0.5) is 5.69 Å². The van der Waals surface area contributed by atoms with Crippen molar-refractivity contribution in [1.29, 1.82) is 0 Å². The molecule has 27 heavy (non-hydrogen) atoms. The van der Waals surface area contributed by atoms with Crippen molar-refractivity contribution < 1.29 is 14.5 Å². The van der Waals surface area contributed by atoms with Crippen LogP contribution < -0.4 is 0 Å². The van der Waals surface area contributed by atoms with Crippen molar-refractivity contribution in [3.05, 3.63) is 69.9 Å². The molecule has 3 rings (SSSR count). The lowest BCUT2D eigenvalue weighted by Gasteiger charge is -2.06. The van der Waals surface area contributed by atoms with E-state index in [1.165, 1.54) is 17.8 Å². The molecule has 0 radical (unpaired) electrons. The maximum atomic E-state index is 12.0. The van der Waals surface area contributed by atoms with Gasteiger partial charge >= 0.3 is 5.97 Å². The van der Waals surface area contributed by atoms with E-state index in [4.69, 9.17) is 4.74 Å². The lowest BCUT2D eigenvalue weighted by Crippen LogP contribution is -2.06. The summed E-state index contributed by atoms with van der Waals surface area (Å²) >= 11 is 1.38. The second-order valence-electron chi connectivity index (χ2n) is 5.46. The summed E-state index contributed by atoms with van der Waals surface area (Å²) in [5.41, 5.74) is 1.66. The summed E-state index contributed by atoms with van der Waals surface area (Å²) in [5.74, 6) is -0.0228. The minimum absolute atomic E-state index is 0.00386. The molecule has 0 aliphatic heterocycles. The predicted molar refractivity (Wildman–Crippen MR) is 100 cm³/mol. The highest BCUT2D eigenvalue weighted by molar-refractivity contribution is 7.98. The van der Waals surface area contributed by atoms with Gasteiger partial charge in [0.1, 0.15) is 5.69 Å². The molecular formula is C18H16N4O4S. The number of ether oxygens (including phenoxy) is 1. The predicted octanol–water partition coefficient (Wildman–Crippen LogP) is 3.85. The molecule has 2 aromatic carbocycles. The molecule has 0 amide bonds. The highest BCUT2D eigenvalue weighted by atomic mass is 32.2. The van der Waals surface area contributed by atoms with Crippen molar-refractivity contribution in [1.82, 2.24) is 15.4 Å². The number of hydrogen-bond donors (Lipinski definition) is 1. The van der Waals surface area contributed by atoms with Crippen molar-refractivity contribution in [3.8, 4) is 11.3 Å². The van der Waals surface area contributed by atoms with Gasteiger partial charge in [-0.1, -0.05) is 36.4 Å². The average molecular weight is 384 g/mol. The smallest absolute Gasteiger partial charge is 0.361 e. The van der Waals surface area contributed by atoms with Crippen LogP contribution in [0, 0.1) is 10.1 Å². The quantitative estimate of drug-likeness (QED) is 0.285. The molecule has 9 heteroatoms. The minimum atomic E-state index is -0.633. The molecule has 1 aromatic heterocycles. The van der Waals surface area contributed by atoms with Crippen molar-refractivity contribution in [2.45, 2.75) is 17.6 Å². The minimum Gasteiger partial charge on any atom is -0.461 e. The van der Waals surface area contributed by atoms with Crippen LogP contribution in [0.3, 0.4) is 0 Å². The summed E-state index contributed by atoms with van der Waals surface area (Å²) < 4.78 is 4.94. The normalized spacial score (nSPS) is 10.6. The fourth-order valence-corrected chi connectivity index (χ4v) is 3.40. The van der Waals surface area contributed by atoms with E-state index in [2.05, 4.69) is 15.4 Å². The number of esters is 1. The molecule has 0 aliphatic rings. The topological polar surface area (TPSA) is 111 Å². The number of benzene rings is 2. The van der Waals surface area contributed by atoms with Gasteiger partial charge < -0.3 is 4.74 Å². The van der Waals surface area contributed by atoms with Crippen molar-refractivity contribution in [2.24, 2.45) is 0 Å². The number of carbonyl (C=O) groups excluding carboxylic acids is 1. The number of nitro benzene ring substituents is 1. The monoisotopic (exact) mass is 384 g/mol. The van der Waals surface area contributed by atoms with Gasteiger partial charge in [-0.25, -0.2) is 4.79 Å². The van der Waals surface area contributed by atoms with Crippen LogP contribution in [0.1, 0.15) is 23.0 Å². The Hall–Kier alpha value is -3.20. The SMILES string of the molecule is CCOC(=O)c1n[nH]nc1-c1ccc(SCc2ccccc2)c([N+](=O)[O-])c1. The molecule has 0 aliphatic carbocycles. The Morgan fingerprint density at radius 1 is 1.22 bits per heavy atom. The Labute approximate surface area is 159 Å². The van der Waals surface area contributed by atoms with E-state index in [0.717, 1.165) is 5.56 Å². The van der Waals surface area contributed by atoms with E-state index in [1.807, 2.05) is 30.3 Å². The first kappa shape index (κ1) is 18.6. The number of nitro groups is 1. The highest BCUT2D eigenvalue weighted by Gasteiger charge is 2.22. The number of nitrogens with one attached hydrogen (secondary N) is 1. The first-order chi connectivity index (χ1) is 13.1. The Kier molecular flexibility index (Phi) is 5.82. The zero-order chi connectivity index (χ0) is 19.2. The number of thioether (sulfide) groups is 1. The van der Waals surface area contributed by atoms with Crippen molar-refractivity contribution >= 4 is 23.4 Å². The second-order valence-corrected chi connectivity index (χ2v) is 6.47. The molecule has 8 nitrogen and oxygen atoms in total. The standard InChI is InChI=1S/C18H16N4O4S/c1-2-26-18(23)17-16(19-21-20-17)13-8-9-15(14(10-13)22(24)25)27-11-12-6-4-3-5-7-12/h3-10H,2,11H2,1H3,(H,19,20,21). The van der Waals surface area contributed by atoms with Gasteiger partial charge in [0, 0.05) is 17.4 Å². The third-order valence-corrected chi connectivity index (χ3v) is 4.82. The van der Waals surface area contributed by atoms with E-state index in [9.17, 15) is 14.9 Å². The van der Waals surface area contributed by atoms with Crippen molar-refractivity contribution in [2.75, 3.05) is 6.61 Å². The largest absolute Gasteiger partial charge is 0.461 e. The fraction of sp³-hybridized carbons (Fsp3) is 0.167. The number of hydrogen-bond acceptors (Lipinski definition) is 7. The second kappa shape index (κ2) is 8.45. The van der Waals surface area contributed by atoms with Crippen LogP contribution >= 0.6 is 11.8 Å². The van der Waals surface area contributed by atoms with E-state index in [-0.39, 0.29) is 23.7 Å². The zero-order valence-electron chi connectivity index (χ0n) is 14.4. The average Bonchev–Trinajstić information content (AvgIpc) is 3.17. The highest BCUT2D eigenvalue weighted by Crippen LogP contribution is 2.35. The van der Waals surface area contributed by atoms with Gasteiger partial charge in [-0.15, -0.1) is 16.9 Å². The molecule has 0 spiro atoms. The third kappa shape index (κ3) is 4.32. The van der Waals surface area contributed by atoms with Gasteiger partial charge in [0.15, 0.2) is 5.69 Å². The van der Waals surface area contributed by atoms with Crippen LogP contribution in [0.5, 0.6) is 0 Å². The van der Waals surface area contributed by atoms with Crippen LogP contribution in [-0.4, -0.2) is 32.9 Å². The summed E-state index contributed by atoms with van der Waals surface area (Å²) in [7, 11) is 0. The van der Waals surface area contributed by atoms with Gasteiger partial charge in [-0.05, 0) is 18.6 Å². The number of H-pyrrole nitrogens is 1. The zero-order valence-corrected chi connectivity index (χ0v) is 15.2. The number of rotatable bonds is 7. The molecule has 3 aromatic rings. The molecule has 0 unspecified atom stereocenters. The first-order valence-electron chi connectivity index (χ1n) is 8.13. The maximum Gasteiger partial charge on any atom is 0.361 e. The number of aromatic amines is 1. The summed E-state index contributed by atoms with van der Waals surface area (Å²) in [6, 6.07) is 14.4. The van der Waals surface area contributed by atoms with Gasteiger partial charge in [0.05, 0.1) is 16.4 Å². The third-order valence-electron chi connectivity index (χ3n) is 3.68. The van der Waals surface area contributed by atoms with E-state index in [1.54, 1.807) is 19.1 Å². The van der Waals surface area contributed by atoms with Crippen LogP contribution in [0.25, 0.3) is 11.3 Å². The van der Waals surface area contributed by atoms with E-state index in [0.29, 0.717) is 16.2 Å². The summed E-state index contributed by atoms with van der Waals surface area (Å²) in [6.45, 7) is 1.88. The number of aromatic nitrogens is 3. The summed E-state index contributed by atoms with van der Waals surface area (Å²) in [6.07, 6.45) is 0. The van der Waals surface area contributed by atoms with Gasteiger partial charge in [-0.2, -0.15) is 10.3 Å². The molecule has 0 bridgehead atoms. The molecule has 1 heterocycles. The lowest BCUT2D eigenvalue weighted by molar-refractivity contribution is -0.387. The lowest BCUT2D eigenvalue weighted by atomic mass is 10.1. The van der Waals surface area contributed by atoms with Crippen LogP contribution in [0.2, 0.25) is 0 Å². The molecular weight excluding hydrogens is 368 g/mol. The fourth-order valence-electron chi connectivity index (χ4n) is 2.44. The van der Waals surface area contributed by atoms with E-state index >= 15 is 0 Å². The van der Waals surface area contributed by atoms with Crippen LogP contribution in [-0.2, 0) is 10.5 Å². The summed E-state index contributed by atoms with van der Waals surface area (Å²) in [5, 5.41) is 21.6.